The van der Waals surface area contributed by atoms with Crippen molar-refractivity contribution in [2.75, 3.05) is 79.3 Å². The zero-order chi connectivity index (χ0) is 95.2. The maximum atomic E-state index is 16.2. The summed E-state index contributed by atoms with van der Waals surface area (Å²) in [5.41, 5.74) is 14.2. The van der Waals surface area contributed by atoms with Crippen molar-refractivity contribution < 1.29 is 36.3 Å². The number of rotatable bonds is 15. The number of aryl methyl sites for hydroxylation is 5. The number of aromatic nitrogens is 15. The summed E-state index contributed by atoms with van der Waals surface area (Å²) in [6, 6.07) is 25.6. The van der Waals surface area contributed by atoms with Gasteiger partial charge < -0.3 is 48.8 Å². The topological polar surface area (TPSA) is 293 Å². The number of amides is 3. The summed E-state index contributed by atoms with van der Waals surface area (Å²) in [6.45, 7) is 35.8. The van der Waals surface area contributed by atoms with Gasteiger partial charge in [-0.1, -0.05) is 115 Å². The van der Waals surface area contributed by atoms with E-state index in [0.717, 1.165) is 61.0 Å². The lowest BCUT2D eigenvalue weighted by Crippen LogP contribution is -2.54. The number of nitrogens with zero attached hydrogens (tertiary/aromatic N) is 21. The Morgan fingerprint density at radius 1 is 0.421 bits per heavy atom. The lowest BCUT2D eigenvalue weighted by Gasteiger charge is -2.40. The lowest BCUT2D eigenvalue weighted by molar-refractivity contribution is -0.127. The minimum Gasteiger partial charge on any atom is -0.398 e. The number of hydrogen-bond acceptors (Lipinski definition) is 19. The molecule has 35 heteroatoms. The van der Waals surface area contributed by atoms with E-state index in [9.17, 15) is 28.8 Å². The highest BCUT2D eigenvalue weighted by Crippen LogP contribution is 2.44. The molecule has 133 heavy (non-hydrogen) atoms. The summed E-state index contributed by atoms with van der Waals surface area (Å²) < 4.78 is 87.1. The zero-order valence-corrected chi connectivity index (χ0v) is 77.3. The molecular formula is C98H97Cl2F5N22O6. The molecule has 3 aliphatic heterocycles. The second kappa shape index (κ2) is 36.4. The highest BCUT2D eigenvalue weighted by molar-refractivity contribution is 6.34. The maximum Gasteiger partial charge on any atom is 0.355 e. The smallest absolute Gasteiger partial charge is 0.355 e. The van der Waals surface area contributed by atoms with Crippen LogP contribution in [0.1, 0.15) is 108 Å². The molecule has 12 heterocycles. The van der Waals surface area contributed by atoms with Gasteiger partial charge in [0.05, 0.1) is 112 Å². The molecule has 0 radical (unpaired) electrons. The number of nitrogens with two attached hydrogens (primary N) is 1. The van der Waals surface area contributed by atoms with Crippen LogP contribution >= 0.6 is 23.2 Å². The van der Waals surface area contributed by atoms with Crippen LogP contribution in [-0.2, 0) is 35.5 Å². The number of fused-ring (bicyclic) bond motifs is 6. The number of carbonyl (C=O) groups excluding carboxylic acids is 3. The quantitative estimate of drug-likeness (QED) is 0.0566. The van der Waals surface area contributed by atoms with E-state index in [2.05, 4.69) is 82.3 Å². The van der Waals surface area contributed by atoms with E-state index >= 15 is 22.0 Å². The summed E-state index contributed by atoms with van der Waals surface area (Å²) in [5.74, 6) is -3.34. The van der Waals surface area contributed by atoms with Crippen molar-refractivity contribution in [3.05, 3.63) is 258 Å². The molecule has 684 valence electrons. The Labute approximate surface area is 771 Å². The third-order valence-corrected chi connectivity index (χ3v) is 25.5. The number of anilines is 4. The van der Waals surface area contributed by atoms with Gasteiger partial charge in [-0.15, -0.1) is 0 Å². The van der Waals surface area contributed by atoms with Crippen LogP contribution < -0.4 is 37.5 Å². The molecule has 15 aromatic rings. The fourth-order valence-electron chi connectivity index (χ4n) is 18.6. The van der Waals surface area contributed by atoms with Gasteiger partial charge >= 0.3 is 17.1 Å². The Morgan fingerprint density at radius 3 is 1.10 bits per heavy atom. The van der Waals surface area contributed by atoms with Crippen LogP contribution in [0.5, 0.6) is 0 Å². The molecule has 6 aromatic carbocycles. The van der Waals surface area contributed by atoms with E-state index in [1.54, 1.807) is 98.7 Å². The largest absolute Gasteiger partial charge is 0.398 e. The highest BCUT2D eigenvalue weighted by Gasteiger charge is 2.38. The number of imidazole rings is 3. The fraction of sp³-hybridized carbons (Fsp3) is 0.296. The molecule has 0 aliphatic carbocycles. The van der Waals surface area contributed by atoms with Crippen LogP contribution in [0.15, 0.2) is 174 Å². The van der Waals surface area contributed by atoms with Crippen molar-refractivity contribution in [3.8, 4) is 50.8 Å². The van der Waals surface area contributed by atoms with Crippen LogP contribution in [0, 0.1) is 42.9 Å². The minimum atomic E-state index is -0.912. The first-order valence-corrected chi connectivity index (χ1v) is 44.2. The van der Waals surface area contributed by atoms with Crippen molar-refractivity contribution in [1.82, 2.24) is 87.0 Å². The van der Waals surface area contributed by atoms with Crippen molar-refractivity contribution in [1.29, 1.82) is 0 Å². The second-order valence-electron chi connectivity index (χ2n) is 34.7. The van der Waals surface area contributed by atoms with Gasteiger partial charge in [0.15, 0.2) is 22.8 Å². The van der Waals surface area contributed by atoms with Gasteiger partial charge in [0, 0.05) is 138 Å². The van der Waals surface area contributed by atoms with Gasteiger partial charge in [-0.2, -0.15) is 15.0 Å². The SMILES string of the molecule is C=CC(=O)N1CCN(c2nc(=O)n(-c3c(C)cc4c(ncn4C)c3C(C)C)c3nc(-c4ccccc4F)c(Cl)cc23)[C@@H](C)C1.C=CC(=O)N1CCN(c2nc(=O)n(-c3c(C)cc4c(ncn4C)c3C(C)C)c3nc(-c4ccccc4F)c(Cl)cc23)[C@@H](C)C1.C=CC(=O)N1CCN(c2nc(=O)n(-c3c(F)cc4c(ncn4C)c3C(C)C)c3nc(-c4c(N)cccc4F)c(F)cc23)[C@@H](C)C1. The van der Waals surface area contributed by atoms with E-state index in [1.165, 1.54) is 57.7 Å². The number of carbonyl (C=O) groups is 3. The number of hydrogen-bond donors (Lipinski definition) is 1. The van der Waals surface area contributed by atoms with Gasteiger partial charge in [0.25, 0.3) is 0 Å². The molecule has 2 N–H and O–H groups in total. The summed E-state index contributed by atoms with van der Waals surface area (Å²) in [5, 5.41) is 1.63. The third kappa shape index (κ3) is 16.4. The third-order valence-electron chi connectivity index (χ3n) is 24.9. The van der Waals surface area contributed by atoms with Crippen molar-refractivity contribution in [2.45, 2.75) is 112 Å². The number of nitrogen functional groups attached to an aromatic ring is 1. The summed E-state index contributed by atoms with van der Waals surface area (Å²) in [4.78, 5) is 132. The van der Waals surface area contributed by atoms with E-state index in [4.69, 9.17) is 38.9 Å². The van der Waals surface area contributed by atoms with Crippen LogP contribution in [0.25, 0.3) is 117 Å². The molecule has 3 atom stereocenters. The Balaban J connectivity index is 0.000000145. The monoisotopic (exact) mass is 1840 g/mol. The molecule has 0 spiro atoms. The van der Waals surface area contributed by atoms with Gasteiger partial charge in [0.1, 0.15) is 46.4 Å². The molecule has 3 amide bonds. The summed E-state index contributed by atoms with van der Waals surface area (Å²) in [7, 11) is 5.60. The molecule has 0 saturated carbocycles. The predicted octanol–water partition coefficient (Wildman–Crippen LogP) is 16.2. The van der Waals surface area contributed by atoms with Crippen LogP contribution in [0.4, 0.5) is 45.1 Å². The fourth-order valence-corrected chi connectivity index (χ4v) is 19.1. The molecule has 3 saturated heterocycles. The molecule has 28 nitrogen and oxygen atoms in total. The Bertz CT molecular complexity index is 7240. The molecular weight excluding hydrogens is 1750 g/mol. The second-order valence-corrected chi connectivity index (χ2v) is 35.5. The van der Waals surface area contributed by atoms with Crippen molar-refractivity contribution in [2.24, 2.45) is 21.1 Å². The lowest BCUT2D eigenvalue weighted by atomic mass is 9.95. The number of benzene rings is 6. The van der Waals surface area contributed by atoms with E-state index in [1.807, 2.05) is 93.6 Å². The first-order valence-electron chi connectivity index (χ1n) is 43.5. The van der Waals surface area contributed by atoms with Gasteiger partial charge in [-0.3, -0.25) is 14.4 Å². The molecule has 18 rings (SSSR count). The highest BCUT2D eigenvalue weighted by atomic mass is 35.5. The molecule has 9 aromatic heterocycles. The zero-order valence-electron chi connectivity index (χ0n) is 75.8. The Hall–Kier alpha value is -14.3. The van der Waals surface area contributed by atoms with E-state index in [-0.39, 0.29) is 126 Å². The van der Waals surface area contributed by atoms with Crippen LogP contribution in [0.2, 0.25) is 10.0 Å². The average Bonchev–Trinajstić information content (AvgIpc) is 1.50. The van der Waals surface area contributed by atoms with Crippen LogP contribution in [0.3, 0.4) is 0 Å². The first kappa shape index (κ1) is 92.0. The van der Waals surface area contributed by atoms with Gasteiger partial charge in [-0.05, 0) is 148 Å². The Kier molecular flexibility index (Phi) is 25.2. The summed E-state index contributed by atoms with van der Waals surface area (Å²) in [6.07, 6.45) is 8.90. The predicted molar refractivity (Wildman–Crippen MR) is 511 cm³/mol. The van der Waals surface area contributed by atoms with Gasteiger partial charge in [-0.25, -0.2) is 79.9 Å². The average molecular weight is 1840 g/mol. The minimum absolute atomic E-state index is 0.00207. The standard InChI is InChI=1S/2C33H33ClFN7O2.C32H31F3N8O2/c2*1-7-26(43)40-12-13-41(20(5)16-40)31-22-15-23(34)28(21-10-8-9-11-24(21)35)37-32(22)42(33(44)38-31)30-19(4)14-25-29(27(30)18(2)3)36-17-39(25)6;1-6-24(44)41-10-11-42(17(4)14-41)30-18-12-20(34)27(26-19(33)8-7-9-22(26)36)38-31(18)43(32(45)39-30)29-21(35)13-23-28(25(29)16(2)3)37-15-40(23)5/h2*7-11,14-15,17-18,20H,1,12-13,16H2,2-6H3;6-9,12-13,15-17H,1,10-11,14,36H2,2-5H3/t2*20-;17-/m000/s1. The normalized spacial score (nSPS) is 15.5. The van der Waals surface area contributed by atoms with E-state index in [0.29, 0.717) is 114 Å². The first-order chi connectivity index (χ1) is 63.4. The molecule has 3 aliphatic rings. The van der Waals surface area contributed by atoms with Crippen molar-refractivity contribution >= 4 is 130 Å². The number of pyridine rings is 3. The van der Waals surface area contributed by atoms with Crippen molar-refractivity contribution in [3.63, 3.8) is 0 Å². The molecule has 0 unspecified atom stereocenters. The van der Waals surface area contributed by atoms with E-state index < -0.39 is 51.8 Å². The maximum absolute atomic E-state index is 16.2. The number of piperazine rings is 3. The number of halogens is 7. The molecule has 0 bridgehead atoms. The van der Waals surface area contributed by atoms with Gasteiger partial charge in [0.2, 0.25) is 17.7 Å². The summed E-state index contributed by atoms with van der Waals surface area (Å²) >= 11 is 13.7. The van der Waals surface area contributed by atoms with Crippen LogP contribution in [-0.4, -0.2) is 182 Å². The Morgan fingerprint density at radius 2 is 0.752 bits per heavy atom. The molecule has 3 fully saturated rings.